The summed E-state index contributed by atoms with van der Waals surface area (Å²) < 4.78 is 0. The largest absolute Gasteiger partial charge is 0.357 e. The molecule has 1 aliphatic heterocycles. The first-order chi connectivity index (χ1) is 10.2. The van der Waals surface area contributed by atoms with Crippen LogP contribution in [0.5, 0.6) is 0 Å². The summed E-state index contributed by atoms with van der Waals surface area (Å²) in [6.45, 7) is 3.96. The van der Waals surface area contributed by atoms with Gasteiger partial charge < -0.3 is 10.2 Å². The molecular weight excluding hydrogens is 264 g/mol. The van der Waals surface area contributed by atoms with Crippen molar-refractivity contribution in [1.82, 2.24) is 9.97 Å². The fourth-order valence-electron chi connectivity index (χ4n) is 2.49. The average molecular weight is 282 g/mol. The van der Waals surface area contributed by atoms with E-state index < -0.39 is 0 Å². The van der Waals surface area contributed by atoms with E-state index in [1.807, 2.05) is 31.2 Å². The number of nitrogens with zero attached hydrogens (tertiary/aromatic N) is 3. The predicted octanol–water partition coefficient (Wildman–Crippen LogP) is 2.64. The van der Waals surface area contributed by atoms with E-state index in [0.29, 0.717) is 5.69 Å². The highest BCUT2D eigenvalue weighted by Gasteiger charge is 2.16. The normalized spacial score (nSPS) is 14.2. The Morgan fingerprint density at radius 2 is 1.95 bits per heavy atom. The topological polar surface area (TPSA) is 58.1 Å². The number of rotatable bonds is 3. The number of amides is 1. The summed E-state index contributed by atoms with van der Waals surface area (Å²) >= 11 is 0. The van der Waals surface area contributed by atoms with Crippen LogP contribution in [0.1, 0.15) is 28.9 Å². The number of benzene rings is 1. The van der Waals surface area contributed by atoms with Crippen molar-refractivity contribution in [2.45, 2.75) is 19.8 Å². The fraction of sp³-hybridized carbons (Fsp3) is 0.312. The van der Waals surface area contributed by atoms with E-state index in [4.69, 9.17) is 0 Å². The summed E-state index contributed by atoms with van der Waals surface area (Å²) in [6, 6.07) is 9.46. The highest BCUT2D eigenvalue weighted by molar-refractivity contribution is 6.03. The molecule has 5 heteroatoms. The first-order valence-electron chi connectivity index (χ1n) is 7.18. The number of hydrogen-bond donors (Lipinski definition) is 1. The van der Waals surface area contributed by atoms with E-state index in [-0.39, 0.29) is 5.91 Å². The number of carbonyl (C=O) groups is 1. The lowest BCUT2D eigenvalue weighted by Crippen LogP contribution is -2.21. The van der Waals surface area contributed by atoms with Gasteiger partial charge in [-0.15, -0.1) is 0 Å². The van der Waals surface area contributed by atoms with Gasteiger partial charge in [-0.05, 0) is 31.4 Å². The van der Waals surface area contributed by atoms with Crippen molar-refractivity contribution in [1.29, 1.82) is 0 Å². The lowest BCUT2D eigenvalue weighted by molar-refractivity contribution is 0.102. The molecule has 0 aliphatic carbocycles. The van der Waals surface area contributed by atoms with Crippen molar-refractivity contribution in [2.24, 2.45) is 0 Å². The van der Waals surface area contributed by atoms with Crippen LogP contribution in [0.15, 0.2) is 36.7 Å². The Kier molecular flexibility index (Phi) is 3.81. The Balaban J connectivity index is 1.78. The van der Waals surface area contributed by atoms with Crippen LogP contribution in [0.3, 0.4) is 0 Å². The number of anilines is 2. The fourth-order valence-corrected chi connectivity index (χ4v) is 2.49. The Hall–Kier alpha value is -2.43. The van der Waals surface area contributed by atoms with Crippen LogP contribution >= 0.6 is 0 Å². The molecule has 0 spiro atoms. The standard InChI is InChI=1S/C16H18N4O/c1-12-6-2-3-7-13(12)19-16(21)14-10-15(18-11-17-14)20-8-4-5-9-20/h2-3,6-7,10-11H,4-5,8-9H2,1H3,(H,19,21). The lowest BCUT2D eigenvalue weighted by Gasteiger charge is -2.16. The Bertz CT molecular complexity index is 650. The van der Waals surface area contributed by atoms with E-state index >= 15 is 0 Å². The second kappa shape index (κ2) is 5.91. The van der Waals surface area contributed by atoms with Crippen LogP contribution in [0.4, 0.5) is 11.5 Å². The minimum Gasteiger partial charge on any atom is -0.357 e. The number of aromatic nitrogens is 2. The summed E-state index contributed by atoms with van der Waals surface area (Å²) in [6.07, 6.45) is 3.81. The van der Waals surface area contributed by atoms with Crippen LogP contribution < -0.4 is 10.2 Å². The zero-order valence-electron chi connectivity index (χ0n) is 12.0. The van der Waals surface area contributed by atoms with Crippen LogP contribution in [-0.2, 0) is 0 Å². The van der Waals surface area contributed by atoms with E-state index in [1.165, 1.54) is 19.2 Å². The molecule has 1 aliphatic rings. The first kappa shape index (κ1) is 13.5. The summed E-state index contributed by atoms with van der Waals surface area (Å²) in [7, 11) is 0. The minimum absolute atomic E-state index is 0.202. The third-order valence-corrected chi connectivity index (χ3v) is 3.71. The predicted molar refractivity (Wildman–Crippen MR) is 82.6 cm³/mol. The summed E-state index contributed by atoms with van der Waals surface area (Å²) in [5.74, 6) is 0.629. The summed E-state index contributed by atoms with van der Waals surface area (Å²) in [5.41, 5.74) is 2.23. The van der Waals surface area contributed by atoms with Crippen LogP contribution in [0.2, 0.25) is 0 Å². The van der Waals surface area contributed by atoms with Gasteiger partial charge in [-0.1, -0.05) is 18.2 Å². The molecular formula is C16H18N4O. The second-order valence-corrected chi connectivity index (χ2v) is 5.22. The summed E-state index contributed by atoms with van der Waals surface area (Å²) in [5, 5.41) is 2.90. The molecule has 0 unspecified atom stereocenters. The molecule has 1 aromatic heterocycles. The van der Waals surface area contributed by atoms with Gasteiger partial charge in [0.25, 0.3) is 5.91 Å². The van der Waals surface area contributed by atoms with Gasteiger partial charge in [-0.3, -0.25) is 4.79 Å². The van der Waals surface area contributed by atoms with E-state index in [1.54, 1.807) is 6.07 Å². The molecule has 1 N–H and O–H groups in total. The Morgan fingerprint density at radius 3 is 2.71 bits per heavy atom. The maximum atomic E-state index is 12.3. The van der Waals surface area contributed by atoms with Gasteiger partial charge in [0, 0.05) is 24.8 Å². The monoisotopic (exact) mass is 282 g/mol. The highest BCUT2D eigenvalue weighted by Crippen LogP contribution is 2.19. The van der Waals surface area contributed by atoms with Crippen molar-refractivity contribution >= 4 is 17.4 Å². The first-order valence-corrected chi connectivity index (χ1v) is 7.18. The van der Waals surface area contributed by atoms with Crippen molar-refractivity contribution < 1.29 is 4.79 Å². The molecule has 1 fully saturated rings. The molecule has 108 valence electrons. The number of hydrogen-bond acceptors (Lipinski definition) is 4. The molecule has 0 bridgehead atoms. The van der Waals surface area contributed by atoms with E-state index in [2.05, 4.69) is 20.2 Å². The molecule has 0 saturated carbocycles. The van der Waals surface area contributed by atoms with Crippen molar-refractivity contribution in [3.63, 3.8) is 0 Å². The van der Waals surface area contributed by atoms with Crippen LogP contribution in [0, 0.1) is 6.92 Å². The number of aryl methyl sites for hydroxylation is 1. The van der Waals surface area contributed by atoms with Gasteiger partial charge in [-0.2, -0.15) is 0 Å². The van der Waals surface area contributed by atoms with E-state index in [0.717, 1.165) is 30.2 Å². The molecule has 1 amide bonds. The van der Waals surface area contributed by atoms with Crippen molar-refractivity contribution in [2.75, 3.05) is 23.3 Å². The molecule has 5 nitrogen and oxygen atoms in total. The van der Waals surface area contributed by atoms with E-state index in [9.17, 15) is 4.79 Å². The summed E-state index contributed by atoms with van der Waals surface area (Å²) in [4.78, 5) is 22.9. The maximum absolute atomic E-state index is 12.3. The van der Waals surface area contributed by atoms with Gasteiger partial charge >= 0.3 is 0 Å². The maximum Gasteiger partial charge on any atom is 0.274 e. The number of para-hydroxylation sites is 1. The minimum atomic E-state index is -0.202. The molecule has 2 aromatic rings. The highest BCUT2D eigenvalue weighted by atomic mass is 16.1. The van der Waals surface area contributed by atoms with Gasteiger partial charge in [-0.25, -0.2) is 9.97 Å². The van der Waals surface area contributed by atoms with Gasteiger partial charge in [0.15, 0.2) is 0 Å². The molecule has 0 atom stereocenters. The molecule has 2 heterocycles. The zero-order valence-corrected chi connectivity index (χ0v) is 12.0. The van der Waals surface area contributed by atoms with Gasteiger partial charge in [0.05, 0.1) is 0 Å². The van der Waals surface area contributed by atoms with Crippen molar-refractivity contribution in [3.8, 4) is 0 Å². The third kappa shape index (κ3) is 3.02. The van der Waals surface area contributed by atoms with Crippen LogP contribution in [0.25, 0.3) is 0 Å². The number of carbonyl (C=O) groups excluding carboxylic acids is 1. The number of nitrogens with one attached hydrogen (secondary N) is 1. The van der Waals surface area contributed by atoms with Crippen LogP contribution in [-0.4, -0.2) is 29.0 Å². The molecule has 0 radical (unpaired) electrons. The Morgan fingerprint density at radius 1 is 1.19 bits per heavy atom. The SMILES string of the molecule is Cc1ccccc1NC(=O)c1cc(N2CCCC2)ncn1. The van der Waals surface area contributed by atoms with Gasteiger partial charge in [0.2, 0.25) is 0 Å². The van der Waals surface area contributed by atoms with Crippen molar-refractivity contribution in [3.05, 3.63) is 47.9 Å². The average Bonchev–Trinajstić information content (AvgIpc) is 3.04. The quantitative estimate of drug-likeness (QED) is 0.940. The third-order valence-electron chi connectivity index (χ3n) is 3.71. The zero-order chi connectivity index (χ0) is 14.7. The smallest absolute Gasteiger partial charge is 0.274 e. The second-order valence-electron chi connectivity index (χ2n) is 5.22. The molecule has 1 saturated heterocycles. The lowest BCUT2D eigenvalue weighted by atomic mass is 10.2. The molecule has 1 aromatic carbocycles. The van der Waals surface area contributed by atoms with Gasteiger partial charge in [0.1, 0.15) is 17.8 Å². The molecule has 3 rings (SSSR count). The Labute approximate surface area is 124 Å². The molecule has 21 heavy (non-hydrogen) atoms.